The molecule has 2 aliphatic rings. The molecule has 0 amide bonds. The van der Waals surface area contributed by atoms with E-state index in [4.69, 9.17) is 4.84 Å². The van der Waals surface area contributed by atoms with Crippen molar-refractivity contribution in [1.29, 1.82) is 0 Å². The van der Waals surface area contributed by atoms with Gasteiger partial charge in [0.15, 0.2) is 5.60 Å². The van der Waals surface area contributed by atoms with Crippen LogP contribution in [0.3, 0.4) is 0 Å². The number of carbonyl (C=O) groups excluding carboxylic acids is 1. The lowest BCUT2D eigenvalue weighted by Crippen LogP contribution is -2.36. The zero-order valence-corrected chi connectivity index (χ0v) is 8.41. The molecule has 1 spiro atoms. The number of hydrogen-bond acceptors (Lipinski definition) is 3. The first-order valence-corrected chi connectivity index (χ1v) is 4.97. The average Bonchev–Trinajstić information content (AvgIpc) is 2.72. The van der Waals surface area contributed by atoms with Crippen LogP contribution in [0.5, 0.6) is 0 Å². The summed E-state index contributed by atoms with van der Waals surface area (Å²) in [6.07, 6.45) is 2.50. The molecule has 0 radical (unpaired) electrons. The number of rotatable bonds is 0. The Balaban J connectivity index is 2.11. The molecule has 1 aromatic rings. The van der Waals surface area contributed by atoms with E-state index in [9.17, 15) is 4.79 Å². The van der Waals surface area contributed by atoms with Crippen molar-refractivity contribution >= 4 is 5.78 Å². The van der Waals surface area contributed by atoms with Crippen molar-refractivity contribution in [3.63, 3.8) is 0 Å². The smallest absolute Gasteiger partial charge is 0.202 e. The molecule has 76 valence electrons. The number of hydrogen-bond donors (Lipinski definition) is 1. The number of allylic oxidation sites excluding steroid dienone is 1. The van der Waals surface area contributed by atoms with Gasteiger partial charge in [-0.2, -0.15) is 0 Å². The highest BCUT2D eigenvalue weighted by Crippen LogP contribution is 2.36. The lowest BCUT2D eigenvalue weighted by molar-refractivity contribution is -0.0189. The minimum atomic E-state index is -0.784. The van der Waals surface area contributed by atoms with E-state index in [1.165, 1.54) is 0 Å². The highest BCUT2D eigenvalue weighted by atomic mass is 16.7. The van der Waals surface area contributed by atoms with Gasteiger partial charge in [0.2, 0.25) is 5.78 Å². The first-order valence-electron chi connectivity index (χ1n) is 4.97. The van der Waals surface area contributed by atoms with Gasteiger partial charge in [0.25, 0.3) is 0 Å². The highest BCUT2D eigenvalue weighted by molar-refractivity contribution is 6.08. The number of Topliss-reactive ketones (excluding diaryl/α,β-unsaturated/α-hetero) is 1. The van der Waals surface area contributed by atoms with E-state index >= 15 is 0 Å². The van der Waals surface area contributed by atoms with Crippen molar-refractivity contribution in [2.24, 2.45) is 0 Å². The SMILES string of the molecule is CC1=CC2(Cc3ccccc3C2=O)ON1. The van der Waals surface area contributed by atoms with Crippen LogP contribution in [0.25, 0.3) is 0 Å². The monoisotopic (exact) mass is 201 g/mol. The fourth-order valence-electron chi connectivity index (χ4n) is 2.27. The molecule has 0 aromatic heterocycles. The lowest BCUT2D eigenvalue weighted by Gasteiger charge is -2.16. The van der Waals surface area contributed by atoms with Crippen molar-refractivity contribution in [3.8, 4) is 0 Å². The predicted molar refractivity (Wildman–Crippen MR) is 55.2 cm³/mol. The van der Waals surface area contributed by atoms with Crippen LogP contribution in [0.1, 0.15) is 22.8 Å². The summed E-state index contributed by atoms with van der Waals surface area (Å²) in [6, 6.07) is 7.67. The summed E-state index contributed by atoms with van der Waals surface area (Å²) >= 11 is 0. The molecule has 15 heavy (non-hydrogen) atoms. The van der Waals surface area contributed by atoms with Crippen molar-refractivity contribution in [3.05, 3.63) is 47.2 Å². The van der Waals surface area contributed by atoms with Gasteiger partial charge in [-0.3, -0.25) is 15.1 Å². The van der Waals surface area contributed by atoms with Crippen LogP contribution in [0, 0.1) is 0 Å². The third-order valence-corrected chi connectivity index (χ3v) is 2.94. The topological polar surface area (TPSA) is 38.3 Å². The second-order valence-corrected chi connectivity index (χ2v) is 4.08. The number of carbonyl (C=O) groups is 1. The van der Waals surface area contributed by atoms with Crippen LogP contribution in [-0.2, 0) is 11.3 Å². The molecule has 1 unspecified atom stereocenters. The number of nitrogens with one attached hydrogen (secondary N) is 1. The van der Waals surface area contributed by atoms with Gasteiger partial charge in [-0.25, -0.2) is 0 Å². The standard InChI is InChI=1S/C12H11NO2/c1-8-6-12(15-13-8)7-9-4-2-3-5-10(9)11(12)14/h2-6,13H,7H2,1H3. The number of fused-ring (bicyclic) bond motifs is 1. The first kappa shape index (κ1) is 8.68. The predicted octanol–water partition coefficient (Wildman–Crippen LogP) is 1.60. The summed E-state index contributed by atoms with van der Waals surface area (Å²) in [6.45, 7) is 1.89. The van der Waals surface area contributed by atoms with Crippen molar-refractivity contribution < 1.29 is 9.63 Å². The fourth-order valence-corrected chi connectivity index (χ4v) is 2.27. The Morgan fingerprint density at radius 3 is 2.87 bits per heavy atom. The third-order valence-electron chi connectivity index (χ3n) is 2.94. The first-order chi connectivity index (χ1) is 7.21. The van der Waals surface area contributed by atoms with E-state index in [2.05, 4.69) is 5.48 Å². The molecule has 1 atom stereocenters. The maximum atomic E-state index is 12.2. The molecular weight excluding hydrogens is 190 g/mol. The zero-order valence-electron chi connectivity index (χ0n) is 8.41. The van der Waals surface area contributed by atoms with Gasteiger partial charge in [0.05, 0.1) is 0 Å². The van der Waals surface area contributed by atoms with Crippen LogP contribution in [0.15, 0.2) is 36.0 Å². The second kappa shape index (κ2) is 2.70. The Hall–Kier alpha value is -1.61. The van der Waals surface area contributed by atoms with Gasteiger partial charge < -0.3 is 0 Å². The molecule has 0 bridgehead atoms. The molecule has 0 saturated heterocycles. The summed E-state index contributed by atoms with van der Waals surface area (Å²) in [5.41, 5.74) is 4.72. The molecule has 3 heteroatoms. The third kappa shape index (κ3) is 1.07. The molecule has 0 saturated carbocycles. The van der Waals surface area contributed by atoms with E-state index in [0.717, 1.165) is 16.8 Å². The maximum Gasteiger partial charge on any atom is 0.202 e. The summed E-state index contributed by atoms with van der Waals surface area (Å²) in [4.78, 5) is 17.6. The van der Waals surface area contributed by atoms with Crippen LogP contribution in [0.4, 0.5) is 0 Å². The fraction of sp³-hybridized carbons (Fsp3) is 0.250. The van der Waals surface area contributed by atoms with Gasteiger partial charge in [0.1, 0.15) is 0 Å². The van der Waals surface area contributed by atoms with Crippen molar-refractivity contribution in [2.45, 2.75) is 18.9 Å². The van der Waals surface area contributed by atoms with E-state index in [1.54, 1.807) is 0 Å². The van der Waals surface area contributed by atoms with Crippen molar-refractivity contribution in [2.75, 3.05) is 0 Å². The Kier molecular flexibility index (Phi) is 1.56. The summed E-state index contributed by atoms with van der Waals surface area (Å²) in [5.74, 6) is 0.0578. The second-order valence-electron chi connectivity index (χ2n) is 4.08. The Morgan fingerprint density at radius 1 is 1.40 bits per heavy atom. The number of hydroxylamine groups is 1. The molecule has 0 fully saturated rings. The Morgan fingerprint density at radius 2 is 2.20 bits per heavy atom. The zero-order chi connectivity index (χ0) is 10.5. The molecule has 1 N–H and O–H groups in total. The molecular formula is C12H11NO2. The number of ketones is 1. The number of benzene rings is 1. The van der Waals surface area contributed by atoms with Gasteiger partial charge in [-0.15, -0.1) is 0 Å². The van der Waals surface area contributed by atoms with Crippen LogP contribution >= 0.6 is 0 Å². The molecule has 1 aromatic carbocycles. The van der Waals surface area contributed by atoms with E-state index in [0.29, 0.717) is 6.42 Å². The minimum Gasteiger partial charge on any atom is -0.290 e. The molecule has 1 aliphatic heterocycles. The van der Waals surface area contributed by atoms with E-state index in [1.807, 2.05) is 37.3 Å². The summed E-state index contributed by atoms with van der Waals surface area (Å²) < 4.78 is 0. The van der Waals surface area contributed by atoms with Crippen LogP contribution < -0.4 is 5.48 Å². The average molecular weight is 201 g/mol. The van der Waals surface area contributed by atoms with Gasteiger partial charge >= 0.3 is 0 Å². The van der Waals surface area contributed by atoms with Crippen LogP contribution in [-0.4, -0.2) is 11.4 Å². The van der Waals surface area contributed by atoms with Crippen LogP contribution in [0.2, 0.25) is 0 Å². The van der Waals surface area contributed by atoms with E-state index in [-0.39, 0.29) is 5.78 Å². The molecule has 3 rings (SSSR count). The quantitative estimate of drug-likeness (QED) is 0.693. The van der Waals surface area contributed by atoms with Gasteiger partial charge in [0, 0.05) is 17.7 Å². The summed E-state index contributed by atoms with van der Waals surface area (Å²) in [5, 5.41) is 0. The molecule has 3 nitrogen and oxygen atoms in total. The lowest BCUT2D eigenvalue weighted by atomic mass is 9.99. The largest absolute Gasteiger partial charge is 0.290 e. The summed E-state index contributed by atoms with van der Waals surface area (Å²) in [7, 11) is 0. The van der Waals surface area contributed by atoms with E-state index < -0.39 is 5.60 Å². The van der Waals surface area contributed by atoms with Gasteiger partial charge in [-0.05, 0) is 18.6 Å². The minimum absolute atomic E-state index is 0.0578. The normalized spacial score (nSPS) is 27.8. The maximum absolute atomic E-state index is 12.2. The Labute approximate surface area is 87.7 Å². The molecule has 1 aliphatic carbocycles. The Bertz CT molecular complexity index is 478. The van der Waals surface area contributed by atoms with Gasteiger partial charge in [-0.1, -0.05) is 24.3 Å². The highest BCUT2D eigenvalue weighted by Gasteiger charge is 2.48. The van der Waals surface area contributed by atoms with Crippen molar-refractivity contribution in [1.82, 2.24) is 5.48 Å². The molecule has 1 heterocycles.